The Bertz CT molecular complexity index is 7250. The third-order valence-corrected chi connectivity index (χ3v) is 23.2. The molecule has 23 rings (SSSR count). The normalized spacial score (nSPS) is 11.8. The SMILES string of the molecule is c1ccc(-c2ccc(N(c3ccccc3)c3ccc(-n4c5ccc(N(c6ccccc6)c6cccc7c6oc6ccccc67)cc5c5c6oc7c(ccc8c7c7cc(N(c9ccccc9)c9cccc%10c9oc9ccccc9%10)ccc7n8-c7ccc(N(c8ccccc8)c8ccc(-c9ccccc9)cc8)cc7)c6ccc54)cc3)cc2)cc1. The number of furan rings is 3. The van der Waals surface area contributed by atoms with Gasteiger partial charge in [-0.1, -0.05) is 218 Å². The average molecular weight is 1500 g/mol. The maximum atomic E-state index is 7.99. The summed E-state index contributed by atoms with van der Waals surface area (Å²) < 4.78 is 26.6. The quantitative estimate of drug-likeness (QED) is 0.0955. The van der Waals surface area contributed by atoms with Crippen LogP contribution < -0.4 is 19.6 Å². The summed E-state index contributed by atoms with van der Waals surface area (Å²) in [6.45, 7) is 0. The van der Waals surface area contributed by atoms with Crippen molar-refractivity contribution in [3.63, 3.8) is 0 Å². The van der Waals surface area contributed by atoms with Crippen LogP contribution in [-0.2, 0) is 0 Å². The third-order valence-electron chi connectivity index (χ3n) is 23.2. The summed E-state index contributed by atoms with van der Waals surface area (Å²) in [6.07, 6.45) is 0. The Morgan fingerprint density at radius 1 is 0.171 bits per heavy atom. The van der Waals surface area contributed by atoms with Crippen LogP contribution in [0.4, 0.5) is 68.2 Å². The van der Waals surface area contributed by atoms with Crippen LogP contribution >= 0.6 is 0 Å². The molecule has 0 aliphatic heterocycles. The highest BCUT2D eigenvalue weighted by Crippen LogP contribution is 2.51. The number of hydrogen-bond acceptors (Lipinski definition) is 7. The van der Waals surface area contributed by atoms with Gasteiger partial charge in [-0.05, 0) is 229 Å². The van der Waals surface area contributed by atoms with Crippen LogP contribution in [0.5, 0.6) is 0 Å². The number of anilines is 12. The summed E-state index contributed by atoms with van der Waals surface area (Å²) in [7, 11) is 0. The van der Waals surface area contributed by atoms with Crippen LogP contribution in [0.25, 0.3) is 143 Å². The highest BCUT2D eigenvalue weighted by atomic mass is 16.3. The molecule has 5 heterocycles. The van der Waals surface area contributed by atoms with Crippen molar-refractivity contribution >= 4 is 178 Å². The molecular weight excluding hydrogens is 1430 g/mol. The monoisotopic (exact) mass is 1500 g/mol. The number of hydrogen-bond donors (Lipinski definition) is 0. The molecule has 117 heavy (non-hydrogen) atoms. The van der Waals surface area contributed by atoms with E-state index in [0.29, 0.717) is 0 Å². The summed E-state index contributed by atoms with van der Waals surface area (Å²) in [4.78, 5) is 9.34. The van der Waals surface area contributed by atoms with E-state index in [-0.39, 0.29) is 0 Å². The van der Waals surface area contributed by atoms with Gasteiger partial charge in [0.05, 0.1) is 44.2 Å². The largest absolute Gasteiger partial charge is 0.455 e. The first-order valence-electron chi connectivity index (χ1n) is 39.7. The van der Waals surface area contributed by atoms with Crippen LogP contribution in [0.3, 0.4) is 0 Å². The highest BCUT2D eigenvalue weighted by Gasteiger charge is 2.29. The number of benzene rings is 18. The molecule has 550 valence electrons. The molecule has 0 aliphatic rings. The van der Waals surface area contributed by atoms with Crippen LogP contribution in [0.1, 0.15) is 0 Å². The van der Waals surface area contributed by atoms with E-state index in [4.69, 9.17) is 13.3 Å². The Balaban J connectivity index is 0.752. The van der Waals surface area contributed by atoms with E-state index >= 15 is 0 Å². The number of nitrogens with zero attached hydrogens (tertiary/aromatic N) is 6. The van der Waals surface area contributed by atoms with Crippen molar-refractivity contribution in [2.45, 2.75) is 0 Å². The third kappa shape index (κ3) is 11.2. The summed E-state index contributed by atoms with van der Waals surface area (Å²) in [5.74, 6) is 0. The number of rotatable bonds is 16. The minimum Gasteiger partial charge on any atom is -0.455 e. The molecular formula is C108H70N6O3. The van der Waals surface area contributed by atoms with Crippen LogP contribution in [0, 0.1) is 0 Å². The van der Waals surface area contributed by atoms with Gasteiger partial charge in [0.2, 0.25) is 0 Å². The van der Waals surface area contributed by atoms with E-state index in [1.807, 2.05) is 12.1 Å². The van der Waals surface area contributed by atoms with Crippen LogP contribution in [-0.4, -0.2) is 9.13 Å². The van der Waals surface area contributed by atoms with Gasteiger partial charge in [-0.2, -0.15) is 0 Å². The predicted molar refractivity (Wildman–Crippen MR) is 487 cm³/mol. The van der Waals surface area contributed by atoms with E-state index in [2.05, 4.69) is 441 Å². The van der Waals surface area contributed by atoms with Gasteiger partial charge in [0, 0.05) is 111 Å². The molecule has 0 aliphatic carbocycles. The maximum Gasteiger partial charge on any atom is 0.159 e. The smallest absolute Gasteiger partial charge is 0.159 e. The fraction of sp³-hybridized carbons (Fsp3) is 0. The lowest BCUT2D eigenvalue weighted by molar-refractivity contribution is 0.668. The summed E-state index contributed by atoms with van der Waals surface area (Å²) in [6, 6.07) is 152. The second-order valence-electron chi connectivity index (χ2n) is 29.9. The lowest BCUT2D eigenvalue weighted by atomic mass is 10.0. The molecule has 0 spiro atoms. The molecule has 0 N–H and O–H groups in total. The van der Waals surface area contributed by atoms with E-state index in [1.54, 1.807) is 0 Å². The lowest BCUT2D eigenvalue weighted by Gasteiger charge is -2.26. The fourth-order valence-electron chi connectivity index (χ4n) is 18.0. The number of para-hydroxylation sites is 8. The van der Waals surface area contributed by atoms with Crippen molar-refractivity contribution in [1.29, 1.82) is 0 Å². The molecule has 0 saturated carbocycles. The number of aromatic nitrogens is 2. The molecule has 0 fully saturated rings. The first-order chi connectivity index (χ1) is 58.0. The van der Waals surface area contributed by atoms with E-state index in [9.17, 15) is 0 Å². The Labute approximate surface area is 673 Å². The summed E-state index contributed by atoms with van der Waals surface area (Å²) >= 11 is 0. The molecule has 0 saturated heterocycles. The van der Waals surface area contributed by atoms with Gasteiger partial charge in [-0.15, -0.1) is 0 Å². The topological polar surface area (TPSA) is 62.2 Å². The molecule has 18 aromatic carbocycles. The lowest BCUT2D eigenvalue weighted by Crippen LogP contribution is -2.10. The van der Waals surface area contributed by atoms with Crippen molar-refractivity contribution in [2.24, 2.45) is 0 Å². The second-order valence-corrected chi connectivity index (χ2v) is 29.9. The molecule has 5 aromatic heterocycles. The van der Waals surface area contributed by atoms with Crippen LogP contribution in [0.2, 0.25) is 0 Å². The van der Waals surface area contributed by atoms with Gasteiger partial charge in [0.1, 0.15) is 22.3 Å². The molecule has 0 unspecified atom stereocenters. The summed E-state index contributed by atoms with van der Waals surface area (Å²) in [5, 5.41) is 10.3. The minimum absolute atomic E-state index is 0.786. The predicted octanol–water partition coefficient (Wildman–Crippen LogP) is 30.8. The molecule has 9 nitrogen and oxygen atoms in total. The zero-order chi connectivity index (χ0) is 77.0. The Kier molecular flexibility index (Phi) is 15.7. The van der Waals surface area contributed by atoms with Crippen molar-refractivity contribution in [3.8, 4) is 33.6 Å². The zero-order valence-electron chi connectivity index (χ0n) is 63.3. The Hall–Kier alpha value is -15.8. The van der Waals surface area contributed by atoms with E-state index in [0.717, 1.165) is 200 Å². The van der Waals surface area contributed by atoms with Gasteiger partial charge < -0.3 is 42.0 Å². The van der Waals surface area contributed by atoms with Crippen molar-refractivity contribution in [1.82, 2.24) is 9.13 Å². The molecule has 23 aromatic rings. The fourth-order valence-corrected chi connectivity index (χ4v) is 18.0. The first kappa shape index (κ1) is 66.9. The number of fused-ring (bicyclic) bond motifs is 17. The van der Waals surface area contributed by atoms with Gasteiger partial charge in [0.15, 0.2) is 11.2 Å². The summed E-state index contributed by atoms with van der Waals surface area (Å²) in [5.41, 5.74) is 27.6. The first-order valence-corrected chi connectivity index (χ1v) is 39.7. The van der Waals surface area contributed by atoms with Crippen LogP contribution in [0.15, 0.2) is 438 Å². The second kappa shape index (κ2) is 27.5. The van der Waals surface area contributed by atoms with Gasteiger partial charge in [-0.25, -0.2) is 0 Å². The van der Waals surface area contributed by atoms with Gasteiger partial charge >= 0.3 is 0 Å². The van der Waals surface area contributed by atoms with E-state index < -0.39 is 0 Å². The molecule has 9 heteroatoms. The average Bonchev–Trinajstić information content (AvgIpc) is 1.54. The minimum atomic E-state index is 0.786. The molecule has 0 amide bonds. The van der Waals surface area contributed by atoms with Gasteiger partial charge in [0.25, 0.3) is 0 Å². The van der Waals surface area contributed by atoms with Crippen molar-refractivity contribution in [2.75, 3.05) is 19.6 Å². The Morgan fingerprint density at radius 3 is 0.829 bits per heavy atom. The molecule has 0 radical (unpaired) electrons. The molecule has 0 atom stereocenters. The van der Waals surface area contributed by atoms with E-state index in [1.165, 1.54) is 11.1 Å². The standard InChI is InChI=1S/C108H70N6O3/c1-7-25-71(26-8-1)73-45-49-79(50-46-73)109(75-29-11-3-12-30-75)81-53-57-83(58-54-81)113-95-65-61-85(111(77-33-15-5-16-34-77)99-41-23-39-89-87-37-19-21-43-101(87)115-105(89)99)69-93(95)103-97(113)67-63-91-92-64-68-98-104(108(92)117-107(91)103)94-70-86(112(78-35-17-6-18-36-78)100-42-24-40-90-88-38-20-22-44-102(88)116-106(90)100)62-66-96(94)114(98)84-59-55-82(56-60-84)110(76-31-13-4-14-32-76)80-51-47-74(48-52-80)72-27-9-2-10-28-72/h1-70H. The van der Waals surface area contributed by atoms with Crippen molar-refractivity contribution in [3.05, 3.63) is 425 Å². The Morgan fingerprint density at radius 2 is 0.453 bits per heavy atom. The zero-order valence-corrected chi connectivity index (χ0v) is 63.3. The van der Waals surface area contributed by atoms with Crippen molar-refractivity contribution < 1.29 is 13.3 Å². The van der Waals surface area contributed by atoms with Gasteiger partial charge in [-0.3, -0.25) is 0 Å². The molecule has 0 bridgehead atoms. The maximum absolute atomic E-state index is 7.99. The highest BCUT2D eigenvalue weighted by molar-refractivity contribution is 6.30.